The molecule has 5 amide bonds. The standard InChI is InChI=1S/C36H43N5O7/c1-3-22(2)31(41-34(45)29(18-23-13-14-23)40-36(47)48-21-24-9-5-4-6-10-24)32(43)35(46)38-20-30(42)39-28(33(37)44)19-25-15-16-26-11-7-8-12-27(26)17-25/h4-12,15-17,22-23,28-29,31H,3,13-14,18-21H2,1-2H3,(H2,37,44)(H,38,46)(H,39,42)(H,40,47)(H,41,45). The fourth-order valence-electron chi connectivity index (χ4n) is 5.24. The number of hydrogen-bond acceptors (Lipinski definition) is 7. The van der Waals surface area contributed by atoms with Gasteiger partial charge in [0.15, 0.2) is 0 Å². The SMILES string of the molecule is CCC(C)C(NC(=O)C(CC1CC1)NC(=O)OCc1ccccc1)C(=O)C(=O)NCC(=O)NC(Cc1ccc2ccccc2c1)C(N)=O. The summed E-state index contributed by atoms with van der Waals surface area (Å²) in [4.78, 5) is 76.9. The van der Waals surface area contributed by atoms with Crippen LogP contribution in [0.3, 0.4) is 0 Å². The summed E-state index contributed by atoms with van der Waals surface area (Å²) >= 11 is 0. The van der Waals surface area contributed by atoms with Crippen LogP contribution >= 0.6 is 0 Å². The van der Waals surface area contributed by atoms with Crippen LogP contribution in [0.5, 0.6) is 0 Å². The average Bonchev–Trinajstić information content (AvgIpc) is 3.91. The molecule has 4 atom stereocenters. The molecule has 48 heavy (non-hydrogen) atoms. The molecule has 4 unspecified atom stereocenters. The Balaban J connectivity index is 1.32. The van der Waals surface area contributed by atoms with E-state index in [4.69, 9.17) is 10.5 Å². The number of hydrogen-bond donors (Lipinski definition) is 5. The first-order chi connectivity index (χ1) is 23.0. The van der Waals surface area contributed by atoms with Crippen molar-refractivity contribution in [3.63, 3.8) is 0 Å². The minimum Gasteiger partial charge on any atom is -0.445 e. The number of benzene rings is 3. The molecule has 1 saturated carbocycles. The van der Waals surface area contributed by atoms with Crippen molar-refractivity contribution >= 4 is 46.3 Å². The first-order valence-electron chi connectivity index (χ1n) is 16.2. The number of nitrogens with two attached hydrogens (primary N) is 1. The smallest absolute Gasteiger partial charge is 0.408 e. The zero-order valence-corrected chi connectivity index (χ0v) is 27.2. The zero-order chi connectivity index (χ0) is 34.6. The van der Waals surface area contributed by atoms with Gasteiger partial charge in [0.25, 0.3) is 5.91 Å². The van der Waals surface area contributed by atoms with Gasteiger partial charge in [-0.05, 0) is 40.2 Å². The number of ketones is 1. The number of amides is 5. The molecule has 3 aromatic carbocycles. The first kappa shape index (κ1) is 35.6. The van der Waals surface area contributed by atoms with Crippen LogP contribution in [-0.4, -0.2) is 60.2 Å². The van der Waals surface area contributed by atoms with E-state index in [1.165, 1.54) is 0 Å². The Hall–Kier alpha value is -5.26. The van der Waals surface area contributed by atoms with Crippen LogP contribution in [0.15, 0.2) is 72.8 Å². The number of ether oxygens (including phenoxy) is 1. The van der Waals surface area contributed by atoms with Gasteiger partial charge in [0.05, 0.1) is 12.6 Å². The summed E-state index contributed by atoms with van der Waals surface area (Å²) in [6.07, 6.45) is 2.02. The molecular weight excluding hydrogens is 614 g/mol. The van der Waals surface area contributed by atoms with E-state index < -0.39 is 66.1 Å². The minimum absolute atomic E-state index is 0.0236. The van der Waals surface area contributed by atoms with Gasteiger partial charge in [0, 0.05) is 6.42 Å². The number of fused-ring (bicyclic) bond motifs is 1. The number of nitrogens with one attached hydrogen (secondary N) is 4. The summed E-state index contributed by atoms with van der Waals surface area (Å²) in [5.74, 6) is -4.28. The van der Waals surface area contributed by atoms with Crippen molar-refractivity contribution in [3.8, 4) is 0 Å². The van der Waals surface area contributed by atoms with E-state index in [0.717, 1.165) is 34.7 Å². The fourth-order valence-corrected chi connectivity index (χ4v) is 5.24. The van der Waals surface area contributed by atoms with Gasteiger partial charge in [-0.25, -0.2) is 4.79 Å². The first-order valence-corrected chi connectivity index (χ1v) is 16.2. The monoisotopic (exact) mass is 657 g/mol. The Morgan fingerprint density at radius 2 is 1.52 bits per heavy atom. The van der Waals surface area contributed by atoms with E-state index >= 15 is 0 Å². The van der Waals surface area contributed by atoms with E-state index in [1.54, 1.807) is 19.1 Å². The van der Waals surface area contributed by atoms with Crippen molar-refractivity contribution in [2.45, 2.75) is 70.7 Å². The van der Waals surface area contributed by atoms with Gasteiger partial charge in [0.2, 0.25) is 23.5 Å². The van der Waals surface area contributed by atoms with Gasteiger partial charge in [0.1, 0.15) is 18.7 Å². The Morgan fingerprint density at radius 3 is 2.19 bits per heavy atom. The van der Waals surface area contributed by atoms with Crippen LogP contribution in [0.1, 0.15) is 50.7 Å². The summed E-state index contributed by atoms with van der Waals surface area (Å²) in [6, 6.07) is 19.2. The largest absolute Gasteiger partial charge is 0.445 e. The molecule has 0 radical (unpaired) electrons. The second kappa shape index (κ2) is 17.1. The predicted octanol–water partition coefficient (Wildman–Crippen LogP) is 2.66. The highest BCUT2D eigenvalue weighted by molar-refractivity contribution is 6.38. The third kappa shape index (κ3) is 10.6. The van der Waals surface area contributed by atoms with Gasteiger partial charge >= 0.3 is 6.09 Å². The lowest BCUT2D eigenvalue weighted by Gasteiger charge is -2.26. The summed E-state index contributed by atoms with van der Waals surface area (Å²) in [5, 5.41) is 12.1. The molecule has 254 valence electrons. The quantitative estimate of drug-likeness (QED) is 0.138. The van der Waals surface area contributed by atoms with Gasteiger partial charge in [-0.15, -0.1) is 0 Å². The summed E-state index contributed by atoms with van der Waals surface area (Å²) in [7, 11) is 0. The molecule has 1 aliphatic rings. The highest BCUT2D eigenvalue weighted by atomic mass is 16.5. The molecule has 4 rings (SSSR count). The van der Waals surface area contributed by atoms with Crippen molar-refractivity contribution in [1.82, 2.24) is 21.3 Å². The molecule has 3 aromatic rings. The van der Waals surface area contributed by atoms with Crippen LogP contribution in [0.25, 0.3) is 10.8 Å². The third-order valence-electron chi connectivity index (χ3n) is 8.45. The Morgan fingerprint density at radius 1 is 0.833 bits per heavy atom. The molecule has 6 N–H and O–H groups in total. The maximum atomic E-state index is 13.4. The zero-order valence-electron chi connectivity index (χ0n) is 27.2. The topological polar surface area (TPSA) is 186 Å². The highest BCUT2D eigenvalue weighted by Gasteiger charge is 2.36. The van der Waals surface area contributed by atoms with E-state index in [-0.39, 0.29) is 18.9 Å². The molecule has 0 bridgehead atoms. The van der Waals surface area contributed by atoms with Crippen molar-refractivity contribution < 1.29 is 33.5 Å². The maximum absolute atomic E-state index is 13.4. The van der Waals surface area contributed by atoms with Crippen molar-refractivity contribution in [2.24, 2.45) is 17.6 Å². The van der Waals surface area contributed by atoms with Crippen molar-refractivity contribution in [3.05, 3.63) is 83.9 Å². The van der Waals surface area contributed by atoms with Gasteiger partial charge in [-0.2, -0.15) is 0 Å². The van der Waals surface area contributed by atoms with Crippen LogP contribution in [0, 0.1) is 11.8 Å². The molecule has 0 spiro atoms. The molecule has 12 nitrogen and oxygen atoms in total. The fraction of sp³-hybridized carbons (Fsp3) is 0.389. The number of carbonyl (C=O) groups is 6. The third-order valence-corrected chi connectivity index (χ3v) is 8.45. The van der Waals surface area contributed by atoms with E-state index in [9.17, 15) is 28.8 Å². The minimum atomic E-state index is -1.21. The molecule has 0 aromatic heterocycles. The molecule has 0 heterocycles. The van der Waals surface area contributed by atoms with Crippen LogP contribution in [-0.2, 0) is 41.7 Å². The van der Waals surface area contributed by atoms with E-state index in [1.807, 2.05) is 67.6 Å². The van der Waals surface area contributed by atoms with Gasteiger partial charge < -0.3 is 31.7 Å². The summed E-state index contributed by atoms with van der Waals surface area (Å²) < 4.78 is 5.29. The van der Waals surface area contributed by atoms with E-state index in [0.29, 0.717) is 12.8 Å². The summed E-state index contributed by atoms with van der Waals surface area (Å²) in [6.45, 7) is 2.95. The van der Waals surface area contributed by atoms with Crippen LogP contribution in [0.4, 0.5) is 4.79 Å². The molecular formula is C36H43N5O7. The van der Waals surface area contributed by atoms with Crippen LogP contribution in [0.2, 0.25) is 0 Å². The molecule has 12 heteroatoms. The van der Waals surface area contributed by atoms with Crippen LogP contribution < -0.4 is 27.0 Å². The molecule has 0 aliphatic heterocycles. The lowest BCUT2D eigenvalue weighted by atomic mass is 9.94. The Labute approximate surface area is 279 Å². The molecule has 0 saturated heterocycles. The lowest BCUT2D eigenvalue weighted by Crippen LogP contribution is -2.56. The maximum Gasteiger partial charge on any atom is 0.408 e. The normalized spacial score (nSPS) is 14.9. The average molecular weight is 658 g/mol. The number of rotatable bonds is 17. The summed E-state index contributed by atoms with van der Waals surface area (Å²) in [5.41, 5.74) is 7.11. The highest BCUT2D eigenvalue weighted by Crippen LogP contribution is 2.33. The second-order valence-corrected chi connectivity index (χ2v) is 12.3. The number of Topliss-reactive ketones (excluding diaryl/α,β-unsaturated/α-hetero) is 1. The number of carbonyl (C=O) groups excluding carboxylic acids is 6. The van der Waals surface area contributed by atoms with Gasteiger partial charge in [-0.1, -0.05) is 106 Å². The van der Waals surface area contributed by atoms with Crippen molar-refractivity contribution in [1.29, 1.82) is 0 Å². The van der Waals surface area contributed by atoms with E-state index in [2.05, 4.69) is 21.3 Å². The van der Waals surface area contributed by atoms with Crippen molar-refractivity contribution in [2.75, 3.05) is 6.54 Å². The molecule has 1 fully saturated rings. The number of alkyl carbamates (subject to hydrolysis) is 1. The second-order valence-electron chi connectivity index (χ2n) is 12.3. The lowest BCUT2D eigenvalue weighted by molar-refractivity contribution is -0.141. The van der Waals surface area contributed by atoms with Gasteiger partial charge in [-0.3, -0.25) is 24.0 Å². The number of primary amides is 1. The predicted molar refractivity (Wildman–Crippen MR) is 179 cm³/mol. The Kier molecular flexibility index (Phi) is 12.6. The Bertz CT molecular complexity index is 1630. The molecule has 1 aliphatic carbocycles.